The summed E-state index contributed by atoms with van der Waals surface area (Å²) in [4.78, 5) is 23.5. The van der Waals surface area contributed by atoms with Crippen LogP contribution in [0.25, 0.3) is 0 Å². The highest BCUT2D eigenvalue weighted by molar-refractivity contribution is 6.31. The molecule has 31 heavy (non-hydrogen) atoms. The number of carbonyl (C=O) groups is 1. The third-order valence-electron chi connectivity index (χ3n) is 6.32. The number of halogens is 1. The minimum Gasteiger partial charge on any atom is -0.489 e. The lowest BCUT2D eigenvalue weighted by Crippen LogP contribution is -2.51. The zero-order chi connectivity index (χ0) is 21.5. The van der Waals surface area contributed by atoms with E-state index >= 15 is 0 Å². The summed E-state index contributed by atoms with van der Waals surface area (Å²) in [6.07, 6.45) is 4.79. The molecule has 0 radical (unpaired) electrons. The third kappa shape index (κ3) is 3.95. The molecule has 2 saturated heterocycles. The van der Waals surface area contributed by atoms with E-state index in [0.29, 0.717) is 36.6 Å². The minimum absolute atomic E-state index is 0.0856. The zero-order valence-electron chi connectivity index (χ0n) is 17.4. The van der Waals surface area contributed by atoms with Crippen LogP contribution in [-0.4, -0.2) is 65.8 Å². The van der Waals surface area contributed by atoms with Crippen LogP contribution in [0.4, 0.5) is 5.69 Å². The molecule has 1 N–H and O–H groups in total. The molecule has 4 heterocycles. The first-order valence-electron chi connectivity index (χ1n) is 10.5. The Morgan fingerprint density at radius 1 is 1.23 bits per heavy atom. The fraction of sp³-hybridized carbons (Fsp3) is 0.500. The highest BCUT2D eigenvalue weighted by Gasteiger charge is 2.48. The van der Waals surface area contributed by atoms with Crippen molar-refractivity contribution in [3.8, 4) is 11.8 Å². The molecule has 164 valence electrons. The molecule has 2 fully saturated rings. The van der Waals surface area contributed by atoms with E-state index < -0.39 is 5.41 Å². The van der Waals surface area contributed by atoms with Crippen molar-refractivity contribution in [2.75, 3.05) is 44.8 Å². The van der Waals surface area contributed by atoms with Crippen molar-refractivity contribution in [3.63, 3.8) is 0 Å². The first-order valence-corrected chi connectivity index (χ1v) is 10.9. The largest absolute Gasteiger partial charge is 0.489 e. The quantitative estimate of drug-likeness (QED) is 0.733. The Morgan fingerprint density at radius 3 is 2.65 bits per heavy atom. The summed E-state index contributed by atoms with van der Waals surface area (Å²) >= 11 is 6.19. The number of ether oxygens (including phenoxy) is 3. The number of likely N-dealkylation sites (tertiary alicyclic amines) is 1. The highest BCUT2D eigenvalue weighted by atomic mass is 35.5. The van der Waals surface area contributed by atoms with Crippen molar-refractivity contribution >= 4 is 23.2 Å². The van der Waals surface area contributed by atoms with Gasteiger partial charge in [0.2, 0.25) is 5.91 Å². The fourth-order valence-electron chi connectivity index (χ4n) is 4.43. The molecule has 8 nitrogen and oxygen atoms in total. The smallest absolute Gasteiger partial charge is 0.317 e. The molecule has 5 rings (SSSR count). The molecule has 0 saturated carbocycles. The normalized spacial score (nSPS) is 21.3. The summed E-state index contributed by atoms with van der Waals surface area (Å²) in [6.45, 7) is 6.01. The van der Waals surface area contributed by atoms with Gasteiger partial charge in [0.1, 0.15) is 6.61 Å². The maximum Gasteiger partial charge on any atom is 0.317 e. The number of benzene rings is 1. The number of nitrogens with zero attached hydrogens (tertiary/aromatic N) is 3. The molecule has 1 spiro atoms. The number of fused-ring (bicyclic) bond motifs is 2. The summed E-state index contributed by atoms with van der Waals surface area (Å²) < 4.78 is 16.7. The second-order valence-corrected chi connectivity index (χ2v) is 9.10. The number of aromatic nitrogens is 2. The van der Waals surface area contributed by atoms with E-state index in [2.05, 4.69) is 20.2 Å². The monoisotopic (exact) mass is 444 g/mol. The number of carbonyl (C=O) groups excluding carboxylic acids is 1. The molecule has 0 bridgehead atoms. The van der Waals surface area contributed by atoms with Gasteiger partial charge in [-0.15, -0.1) is 0 Å². The SMILES string of the molecule is CC1(Oc2ncc(OCCN3CCC4(CC3)C(=O)Nc3ccc(Cl)cc34)cn2)COC1. The van der Waals surface area contributed by atoms with Gasteiger partial charge in [-0.25, -0.2) is 0 Å². The Kier molecular flexibility index (Phi) is 5.24. The van der Waals surface area contributed by atoms with Gasteiger partial charge in [0, 0.05) is 17.3 Å². The van der Waals surface area contributed by atoms with Gasteiger partial charge in [0.25, 0.3) is 0 Å². The van der Waals surface area contributed by atoms with Crippen LogP contribution in [0.1, 0.15) is 25.3 Å². The second kappa shape index (κ2) is 7.93. The maximum absolute atomic E-state index is 12.7. The summed E-state index contributed by atoms with van der Waals surface area (Å²) in [5.41, 5.74) is 1.11. The van der Waals surface area contributed by atoms with Gasteiger partial charge in [-0.2, -0.15) is 9.97 Å². The lowest BCUT2D eigenvalue weighted by Gasteiger charge is -2.38. The second-order valence-electron chi connectivity index (χ2n) is 8.66. The Labute approximate surface area is 185 Å². The maximum atomic E-state index is 12.7. The van der Waals surface area contributed by atoms with Gasteiger partial charge < -0.3 is 19.5 Å². The number of hydrogen-bond donors (Lipinski definition) is 1. The molecule has 0 unspecified atom stereocenters. The van der Waals surface area contributed by atoms with Crippen molar-refractivity contribution in [1.29, 1.82) is 0 Å². The number of anilines is 1. The van der Waals surface area contributed by atoms with Crippen LogP contribution in [0.3, 0.4) is 0 Å². The van der Waals surface area contributed by atoms with E-state index in [1.807, 2.05) is 25.1 Å². The van der Waals surface area contributed by atoms with Crippen molar-refractivity contribution in [1.82, 2.24) is 14.9 Å². The Bertz CT molecular complexity index is 972. The van der Waals surface area contributed by atoms with Gasteiger partial charge >= 0.3 is 6.01 Å². The predicted octanol–water partition coefficient (Wildman–Crippen LogP) is 2.66. The summed E-state index contributed by atoms with van der Waals surface area (Å²) in [5, 5.41) is 3.68. The molecule has 0 aliphatic carbocycles. The predicted molar refractivity (Wildman–Crippen MR) is 115 cm³/mol. The standard InChI is InChI=1S/C22H25ClN4O4/c1-21(13-29-14-21)31-20-24-11-16(12-25-20)30-9-8-27-6-4-22(5-7-27)17-10-15(23)2-3-18(17)26-19(22)28/h2-3,10-12H,4-9,13-14H2,1H3,(H,26,28). The summed E-state index contributed by atoms with van der Waals surface area (Å²) in [7, 11) is 0. The highest BCUT2D eigenvalue weighted by Crippen LogP contribution is 2.45. The van der Waals surface area contributed by atoms with Gasteiger partial charge in [-0.1, -0.05) is 11.6 Å². The average Bonchev–Trinajstić information content (AvgIpc) is 3.00. The number of piperidine rings is 1. The Hall–Kier alpha value is -2.42. The Morgan fingerprint density at radius 2 is 1.97 bits per heavy atom. The van der Waals surface area contributed by atoms with Gasteiger partial charge in [-0.05, 0) is 56.6 Å². The number of amides is 1. The molecule has 3 aliphatic rings. The fourth-order valence-corrected chi connectivity index (χ4v) is 4.61. The van der Waals surface area contributed by atoms with E-state index in [-0.39, 0.29) is 11.5 Å². The first-order chi connectivity index (χ1) is 15.0. The van der Waals surface area contributed by atoms with Crippen molar-refractivity contribution in [3.05, 3.63) is 41.2 Å². The molecule has 1 amide bonds. The van der Waals surface area contributed by atoms with Crippen LogP contribution >= 0.6 is 11.6 Å². The topological polar surface area (TPSA) is 85.8 Å². The van der Waals surface area contributed by atoms with Crippen LogP contribution in [0.5, 0.6) is 11.8 Å². The van der Waals surface area contributed by atoms with Crippen molar-refractivity contribution in [2.45, 2.75) is 30.8 Å². The first kappa shape index (κ1) is 20.5. The summed E-state index contributed by atoms with van der Waals surface area (Å²) in [6, 6.07) is 5.97. The molecular weight excluding hydrogens is 420 g/mol. The number of hydrogen-bond acceptors (Lipinski definition) is 7. The molecular formula is C22H25ClN4O4. The molecule has 1 aromatic carbocycles. The van der Waals surface area contributed by atoms with Gasteiger partial charge in [0.15, 0.2) is 11.4 Å². The van der Waals surface area contributed by atoms with E-state index in [1.54, 1.807) is 12.4 Å². The lowest BCUT2D eigenvalue weighted by molar-refractivity contribution is -0.153. The lowest BCUT2D eigenvalue weighted by atomic mass is 9.73. The van der Waals surface area contributed by atoms with Crippen LogP contribution < -0.4 is 14.8 Å². The van der Waals surface area contributed by atoms with Gasteiger partial charge in [0.05, 0.1) is 31.0 Å². The van der Waals surface area contributed by atoms with E-state index in [0.717, 1.165) is 43.7 Å². The van der Waals surface area contributed by atoms with Crippen LogP contribution in [0.2, 0.25) is 5.02 Å². The minimum atomic E-state index is -0.469. The van der Waals surface area contributed by atoms with Crippen LogP contribution in [0.15, 0.2) is 30.6 Å². The van der Waals surface area contributed by atoms with E-state index in [4.69, 9.17) is 25.8 Å². The van der Waals surface area contributed by atoms with E-state index in [1.165, 1.54) is 0 Å². The Balaban J connectivity index is 1.11. The van der Waals surface area contributed by atoms with Gasteiger partial charge in [-0.3, -0.25) is 9.69 Å². The van der Waals surface area contributed by atoms with Crippen LogP contribution in [0, 0.1) is 0 Å². The molecule has 9 heteroatoms. The molecule has 3 aliphatic heterocycles. The number of rotatable bonds is 6. The van der Waals surface area contributed by atoms with E-state index in [9.17, 15) is 4.79 Å². The third-order valence-corrected chi connectivity index (χ3v) is 6.56. The van der Waals surface area contributed by atoms with Crippen LogP contribution in [-0.2, 0) is 14.9 Å². The van der Waals surface area contributed by atoms with Crippen molar-refractivity contribution < 1.29 is 19.0 Å². The molecule has 2 aromatic rings. The summed E-state index contributed by atoms with van der Waals surface area (Å²) in [5.74, 6) is 0.692. The molecule has 1 aromatic heterocycles. The van der Waals surface area contributed by atoms with Crippen molar-refractivity contribution in [2.24, 2.45) is 0 Å². The molecule has 0 atom stereocenters. The zero-order valence-corrected chi connectivity index (χ0v) is 18.2. The number of nitrogens with one attached hydrogen (secondary N) is 1. The average molecular weight is 445 g/mol.